The highest BCUT2D eigenvalue weighted by molar-refractivity contribution is 9.10. The van der Waals surface area contributed by atoms with E-state index in [4.69, 9.17) is 29.2 Å². The van der Waals surface area contributed by atoms with E-state index < -0.39 is 11.9 Å². The Morgan fingerprint density at radius 1 is 0.667 bits per heavy atom. The lowest BCUT2D eigenvalue weighted by atomic mass is 9.92. The normalized spacial score (nSPS) is 10.9. The van der Waals surface area contributed by atoms with Crippen LogP contribution < -0.4 is 29.6 Å². The van der Waals surface area contributed by atoms with E-state index in [1.165, 1.54) is 14.2 Å². The van der Waals surface area contributed by atoms with E-state index in [1.54, 1.807) is 12.1 Å². The van der Waals surface area contributed by atoms with E-state index in [9.17, 15) is 9.59 Å². The molecule has 0 radical (unpaired) electrons. The first kappa shape index (κ1) is 36.6. The van der Waals surface area contributed by atoms with Crippen molar-refractivity contribution in [2.24, 2.45) is 0 Å². The fraction of sp³-hybridized carbons (Fsp3) is 0.294. The Labute approximate surface area is 295 Å². The van der Waals surface area contributed by atoms with Crippen molar-refractivity contribution < 1.29 is 38.7 Å². The Bertz CT molecular complexity index is 1660. The second kappa shape index (κ2) is 17.2. The molecule has 0 aliphatic rings. The zero-order valence-corrected chi connectivity index (χ0v) is 30.0. The molecule has 0 saturated carbocycles. The van der Waals surface area contributed by atoms with Crippen LogP contribution in [-0.2, 0) is 35.9 Å². The number of pyridine rings is 2. The molecule has 4 aromatic rings. The van der Waals surface area contributed by atoms with Crippen LogP contribution in [0.2, 0.25) is 0 Å². The number of carboxylic acids is 2. The number of ether oxygens (including phenoxy) is 4. The van der Waals surface area contributed by atoms with Gasteiger partial charge < -0.3 is 39.8 Å². The predicted molar refractivity (Wildman–Crippen MR) is 186 cm³/mol. The van der Waals surface area contributed by atoms with Crippen molar-refractivity contribution in [3.8, 4) is 34.6 Å². The third-order valence-corrected chi connectivity index (χ3v) is 8.58. The molecule has 4 N–H and O–H groups in total. The van der Waals surface area contributed by atoms with Crippen LogP contribution >= 0.6 is 31.9 Å². The molecule has 12 nitrogen and oxygen atoms in total. The molecule has 0 unspecified atom stereocenters. The number of methoxy groups -OCH3 is 2. The lowest BCUT2D eigenvalue weighted by molar-refractivity contribution is -0.137. The zero-order chi connectivity index (χ0) is 34.8. The lowest BCUT2D eigenvalue weighted by Crippen LogP contribution is -2.22. The standard InChI is InChI=1S/C34H36Br2N4O8/c1-19-21(17-47-33-27(35)11-23(31(39-33)45-3)13-37-15-29(41)42)7-5-9-25(19)26-10-6-8-22(20(26)2)18-48-34-28(36)12-24(32(40-34)46-4)14-38-16-30(43)44/h5-12,37-38H,13-18H2,1-4H3,(H,41,42)(H,43,44). The summed E-state index contributed by atoms with van der Waals surface area (Å²) in [4.78, 5) is 30.7. The molecule has 0 fully saturated rings. The number of carbonyl (C=O) groups is 2. The number of hydrogen-bond acceptors (Lipinski definition) is 10. The number of hydrogen-bond donors (Lipinski definition) is 4. The summed E-state index contributed by atoms with van der Waals surface area (Å²) in [6.07, 6.45) is 0. The van der Waals surface area contributed by atoms with Gasteiger partial charge in [-0.15, -0.1) is 0 Å². The summed E-state index contributed by atoms with van der Waals surface area (Å²) in [5.41, 5.74) is 7.56. The highest BCUT2D eigenvalue weighted by Crippen LogP contribution is 2.34. The Balaban J connectivity index is 1.49. The van der Waals surface area contributed by atoms with Crippen LogP contribution in [0.1, 0.15) is 33.4 Å². The van der Waals surface area contributed by atoms with Gasteiger partial charge in [-0.05, 0) is 91.2 Å². The van der Waals surface area contributed by atoms with Crippen LogP contribution in [0.5, 0.6) is 23.5 Å². The zero-order valence-electron chi connectivity index (χ0n) is 26.9. The van der Waals surface area contributed by atoms with E-state index in [1.807, 2.05) is 24.3 Å². The van der Waals surface area contributed by atoms with E-state index in [0.717, 1.165) is 33.4 Å². The van der Waals surface area contributed by atoms with Crippen LogP contribution in [0, 0.1) is 13.8 Å². The van der Waals surface area contributed by atoms with Crippen molar-refractivity contribution in [1.82, 2.24) is 20.6 Å². The average Bonchev–Trinajstić information content (AvgIpc) is 3.05. The summed E-state index contributed by atoms with van der Waals surface area (Å²) in [6, 6.07) is 15.7. The average molecular weight is 788 g/mol. The van der Waals surface area contributed by atoms with Gasteiger partial charge >= 0.3 is 11.9 Å². The van der Waals surface area contributed by atoms with Gasteiger partial charge in [-0.25, -0.2) is 0 Å². The second-order valence-corrected chi connectivity index (χ2v) is 12.3. The molecule has 2 aromatic carbocycles. The first-order valence-electron chi connectivity index (χ1n) is 14.8. The SMILES string of the molecule is COc1nc(OCc2cccc(-c3cccc(COc4nc(OC)c(CNCC(=O)O)cc4Br)c3C)c2C)c(Br)cc1CNCC(=O)O. The van der Waals surface area contributed by atoms with Crippen LogP contribution in [0.15, 0.2) is 57.5 Å². The molecule has 0 atom stereocenters. The maximum absolute atomic E-state index is 10.9. The highest BCUT2D eigenvalue weighted by Gasteiger charge is 2.17. The van der Waals surface area contributed by atoms with E-state index in [0.29, 0.717) is 43.6 Å². The number of aromatic nitrogens is 2. The monoisotopic (exact) mass is 786 g/mol. The number of aliphatic carboxylic acids is 2. The summed E-state index contributed by atoms with van der Waals surface area (Å²) in [5, 5.41) is 23.5. The van der Waals surface area contributed by atoms with Crippen LogP contribution in [-0.4, -0.2) is 59.4 Å². The van der Waals surface area contributed by atoms with Crippen LogP contribution in [0.4, 0.5) is 0 Å². The first-order valence-corrected chi connectivity index (χ1v) is 16.4. The maximum Gasteiger partial charge on any atom is 0.317 e. The largest absolute Gasteiger partial charge is 0.481 e. The van der Waals surface area contributed by atoms with Crippen molar-refractivity contribution in [1.29, 1.82) is 0 Å². The van der Waals surface area contributed by atoms with E-state index >= 15 is 0 Å². The summed E-state index contributed by atoms with van der Waals surface area (Å²) >= 11 is 7.04. The summed E-state index contributed by atoms with van der Waals surface area (Å²) in [6.45, 7) is 4.81. The van der Waals surface area contributed by atoms with Gasteiger partial charge in [0.05, 0.1) is 36.3 Å². The van der Waals surface area contributed by atoms with E-state index in [-0.39, 0.29) is 39.4 Å². The van der Waals surface area contributed by atoms with Crippen molar-refractivity contribution in [2.45, 2.75) is 40.2 Å². The van der Waals surface area contributed by atoms with E-state index in [2.05, 4.69) is 78.4 Å². The Morgan fingerprint density at radius 2 is 1.06 bits per heavy atom. The minimum absolute atomic E-state index is 0.182. The molecule has 0 amide bonds. The van der Waals surface area contributed by atoms with Gasteiger partial charge in [0.15, 0.2) is 0 Å². The lowest BCUT2D eigenvalue weighted by Gasteiger charge is -2.18. The number of halogens is 2. The van der Waals surface area contributed by atoms with Crippen molar-refractivity contribution in [3.63, 3.8) is 0 Å². The Kier molecular flexibility index (Phi) is 13.1. The molecule has 0 spiro atoms. The van der Waals surface area contributed by atoms with Crippen molar-refractivity contribution in [2.75, 3.05) is 27.3 Å². The minimum atomic E-state index is -0.951. The number of rotatable bonds is 17. The number of carboxylic acid groups (broad SMARTS) is 2. The molecule has 0 bridgehead atoms. The molecular formula is C34H36Br2N4O8. The van der Waals surface area contributed by atoms with Gasteiger partial charge in [0.2, 0.25) is 23.5 Å². The molecule has 48 heavy (non-hydrogen) atoms. The minimum Gasteiger partial charge on any atom is -0.481 e. The predicted octanol–water partition coefficient (Wildman–Crippen LogP) is 5.81. The molecular weight excluding hydrogens is 752 g/mol. The third kappa shape index (κ3) is 9.43. The van der Waals surface area contributed by atoms with Gasteiger partial charge in [0.25, 0.3) is 0 Å². The molecule has 0 aliphatic carbocycles. The number of nitrogens with zero attached hydrogens (tertiary/aromatic N) is 2. The molecule has 2 heterocycles. The summed E-state index contributed by atoms with van der Waals surface area (Å²) in [7, 11) is 3.01. The van der Waals surface area contributed by atoms with Gasteiger partial charge in [-0.2, -0.15) is 9.97 Å². The van der Waals surface area contributed by atoms with Crippen LogP contribution in [0.3, 0.4) is 0 Å². The molecule has 14 heteroatoms. The quantitative estimate of drug-likeness (QED) is 0.102. The summed E-state index contributed by atoms with van der Waals surface area (Å²) < 4.78 is 24.3. The van der Waals surface area contributed by atoms with Crippen molar-refractivity contribution in [3.05, 3.63) is 90.9 Å². The summed E-state index contributed by atoms with van der Waals surface area (Å²) in [5.74, 6) is -0.503. The van der Waals surface area contributed by atoms with Crippen LogP contribution in [0.25, 0.3) is 11.1 Å². The van der Waals surface area contributed by atoms with Gasteiger partial charge in [0.1, 0.15) is 13.2 Å². The highest BCUT2D eigenvalue weighted by atomic mass is 79.9. The molecule has 0 aliphatic heterocycles. The molecule has 254 valence electrons. The fourth-order valence-corrected chi connectivity index (χ4v) is 5.92. The smallest absolute Gasteiger partial charge is 0.317 e. The molecule has 0 saturated heterocycles. The van der Waals surface area contributed by atoms with Crippen molar-refractivity contribution >= 4 is 43.8 Å². The Hall–Kier alpha value is -4.24. The third-order valence-electron chi connectivity index (χ3n) is 7.45. The Morgan fingerprint density at radius 3 is 1.42 bits per heavy atom. The topological polar surface area (TPSA) is 161 Å². The number of nitrogens with one attached hydrogen (secondary N) is 2. The first-order chi connectivity index (χ1) is 23.0. The molecule has 2 aromatic heterocycles. The molecule has 4 rings (SSSR count). The van der Waals surface area contributed by atoms with Gasteiger partial charge in [0, 0.05) is 24.2 Å². The number of benzene rings is 2. The maximum atomic E-state index is 10.9. The van der Waals surface area contributed by atoms with Gasteiger partial charge in [-0.3, -0.25) is 9.59 Å². The fourth-order valence-electron chi connectivity index (χ4n) is 4.96. The second-order valence-electron chi connectivity index (χ2n) is 10.6. The van der Waals surface area contributed by atoms with Gasteiger partial charge in [-0.1, -0.05) is 36.4 Å².